The van der Waals surface area contributed by atoms with Crippen molar-refractivity contribution in [1.29, 1.82) is 0 Å². The fraction of sp³-hybridized carbons (Fsp3) is 0.455. The Bertz CT molecular complexity index is 336. The lowest BCUT2D eigenvalue weighted by Gasteiger charge is -2.11. The third-order valence-electron chi connectivity index (χ3n) is 2.04. The van der Waals surface area contributed by atoms with E-state index in [0.29, 0.717) is 10.8 Å². The Kier molecular flexibility index (Phi) is 6.16. The average molecular weight is 262 g/mol. The number of hydrogen-bond acceptors (Lipinski definition) is 4. The minimum atomic E-state index is -0.689. The maximum atomic E-state index is 9.29. The van der Waals surface area contributed by atoms with Crippen molar-refractivity contribution in [3.8, 4) is 0 Å². The van der Waals surface area contributed by atoms with E-state index in [4.69, 9.17) is 16.7 Å². The maximum absolute atomic E-state index is 9.29. The predicted molar refractivity (Wildman–Crippen MR) is 68.0 cm³/mol. The van der Waals surface area contributed by atoms with E-state index >= 15 is 0 Å². The first-order chi connectivity index (χ1) is 7.67. The molecule has 5 heteroatoms. The summed E-state index contributed by atoms with van der Waals surface area (Å²) in [7, 11) is 1.88. The molecule has 16 heavy (non-hydrogen) atoms. The van der Waals surface area contributed by atoms with Crippen LogP contribution in [0.15, 0.2) is 23.1 Å². The number of halogens is 1. The van der Waals surface area contributed by atoms with E-state index in [1.807, 2.05) is 25.2 Å². The van der Waals surface area contributed by atoms with Crippen molar-refractivity contribution in [1.82, 2.24) is 5.32 Å². The largest absolute Gasteiger partial charge is 0.394 e. The number of benzene rings is 1. The molecule has 1 atom stereocenters. The summed E-state index contributed by atoms with van der Waals surface area (Å²) in [4.78, 5) is 1.04. The van der Waals surface area contributed by atoms with Gasteiger partial charge < -0.3 is 15.5 Å². The van der Waals surface area contributed by atoms with Crippen LogP contribution < -0.4 is 5.32 Å². The third kappa shape index (κ3) is 4.31. The molecule has 0 fully saturated rings. The summed E-state index contributed by atoms with van der Waals surface area (Å²) < 4.78 is 0. The lowest BCUT2D eigenvalue weighted by Crippen LogP contribution is -2.15. The molecule has 0 saturated carbocycles. The van der Waals surface area contributed by atoms with Gasteiger partial charge in [-0.05, 0) is 24.7 Å². The van der Waals surface area contributed by atoms with Gasteiger partial charge in [-0.1, -0.05) is 17.7 Å². The summed E-state index contributed by atoms with van der Waals surface area (Å²) in [5.41, 5.74) is 1.14. The molecule has 1 aromatic rings. The topological polar surface area (TPSA) is 52.5 Å². The molecule has 90 valence electrons. The normalized spacial score (nSPS) is 12.8. The van der Waals surface area contributed by atoms with Gasteiger partial charge in [-0.25, -0.2) is 0 Å². The van der Waals surface area contributed by atoms with Crippen LogP contribution in [0.3, 0.4) is 0 Å². The first kappa shape index (κ1) is 13.8. The highest BCUT2D eigenvalue weighted by Gasteiger charge is 2.07. The molecule has 0 radical (unpaired) electrons. The van der Waals surface area contributed by atoms with E-state index in [1.165, 1.54) is 11.8 Å². The van der Waals surface area contributed by atoms with Crippen molar-refractivity contribution in [2.45, 2.75) is 17.5 Å². The van der Waals surface area contributed by atoms with Gasteiger partial charge in [0.15, 0.2) is 0 Å². The van der Waals surface area contributed by atoms with Gasteiger partial charge >= 0.3 is 0 Å². The van der Waals surface area contributed by atoms with Gasteiger partial charge in [0, 0.05) is 22.2 Å². The second kappa shape index (κ2) is 7.14. The zero-order valence-corrected chi connectivity index (χ0v) is 10.7. The number of nitrogens with one attached hydrogen (secondary N) is 1. The quantitative estimate of drug-likeness (QED) is 0.680. The van der Waals surface area contributed by atoms with Crippen LogP contribution in [0, 0.1) is 0 Å². The SMILES string of the molecule is CNCc1ccc(Cl)cc1SCC(O)CO. The van der Waals surface area contributed by atoms with Crippen molar-refractivity contribution in [3.05, 3.63) is 28.8 Å². The van der Waals surface area contributed by atoms with Crippen molar-refractivity contribution >= 4 is 23.4 Å². The molecular formula is C11H16ClNO2S. The van der Waals surface area contributed by atoms with E-state index in [0.717, 1.165) is 17.0 Å². The molecule has 1 rings (SSSR count). The van der Waals surface area contributed by atoms with Crippen LogP contribution in [0.5, 0.6) is 0 Å². The van der Waals surface area contributed by atoms with Crippen LogP contribution in [-0.2, 0) is 6.54 Å². The lowest BCUT2D eigenvalue weighted by molar-refractivity contribution is 0.113. The van der Waals surface area contributed by atoms with Crippen LogP contribution >= 0.6 is 23.4 Å². The highest BCUT2D eigenvalue weighted by Crippen LogP contribution is 2.26. The van der Waals surface area contributed by atoms with Crippen LogP contribution in [0.2, 0.25) is 5.02 Å². The monoisotopic (exact) mass is 261 g/mol. The first-order valence-corrected chi connectivity index (χ1v) is 6.38. The van der Waals surface area contributed by atoms with E-state index < -0.39 is 6.10 Å². The van der Waals surface area contributed by atoms with Gasteiger partial charge in [-0.2, -0.15) is 0 Å². The molecule has 1 aromatic carbocycles. The van der Waals surface area contributed by atoms with E-state index in [2.05, 4.69) is 5.32 Å². The summed E-state index contributed by atoms with van der Waals surface area (Å²) in [6, 6.07) is 5.69. The smallest absolute Gasteiger partial charge is 0.0864 e. The Morgan fingerprint density at radius 3 is 2.88 bits per heavy atom. The Hall–Kier alpha value is -0.260. The minimum absolute atomic E-state index is 0.213. The molecule has 0 spiro atoms. The molecule has 0 aliphatic carbocycles. The molecule has 0 amide bonds. The van der Waals surface area contributed by atoms with E-state index in [9.17, 15) is 5.11 Å². The molecule has 0 aliphatic rings. The minimum Gasteiger partial charge on any atom is -0.394 e. The zero-order chi connectivity index (χ0) is 12.0. The van der Waals surface area contributed by atoms with Gasteiger partial charge in [0.05, 0.1) is 12.7 Å². The molecule has 0 saturated heterocycles. The van der Waals surface area contributed by atoms with Crippen LogP contribution in [0.1, 0.15) is 5.56 Å². The molecule has 0 bridgehead atoms. The molecular weight excluding hydrogens is 246 g/mol. The van der Waals surface area contributed by atoms with Crippen molar-refractivity contribution in [2.24, 2.45) is 0 Å². The average Bonchev–Trinajstić information content (AvgIpc) is 2.29. The van der Waals surface area contributed by atoms with Crippen LogP contribution in [0.25, 0.3) is 0 Å². The Morgan fingerprint density at radius 1 is 1.50 bits per heavy atom. The Morgan fingerprint density at radius 2 is 2.25 bits per heavy atom. The molecule has 0 aliphatic heterocycles. The third-order valence-corrected chi connectivity index (χ3v) is 3.52. The number of aliphatic hydroxyl groups excluding tert-OH is 2. The van der Waals surface area contributed by atoms with E-state index in [1.54, 1.807) is 0 Å². The summed E-state index contributed by atoms with van der Waals surface area (Å²) in [6.07, 6.45) is -0.689. The summed E-state index contributed by atoms with van der Waals surface area (Å²) >= 11 is 7.42. The van der Waals surface area contributed by atoms with Crippen molar-refractivity contribution in [3.63, 3.8) is 0 Å². The van der Waals surface area contributed by atoms with Gasteiger partial charge in [0.25, 0.3) is 0 Å². The summed E-state index contributed by atoms with van der Waals surface area (Å²) in [6.45, 7) is 0.545. The number of rotatable bonds is 6. The van der Waals surface area contributed by atoms with Gasteiger partial charge in [0.1, 0.15) is 0 Å². The second-order valence-electron chi connectivity index (χ2n) is 3.43. The highest BCUT2D eigenvalue weighted by atomic mass is 35.5. The fourth-order valence-corrected chi connectivity index (χ4v) is 2.49. The van der Waals surface area contributed by atoms with Crippen LogP contribution in [-0.4, -0.2) is 35.7 Å². The van der Waals surface area contributed by atoms with Crippen LogP contribution in [0.4, 0.5) is 0 Å². The Balaban J connectivity index is 2.71. The van der Waals surface area contributed by atoms with Gasteiger partial charge in [-0.3, -0.25) is 0 Å². The summed E-state index contributed by atoms with van der Waals surface area (Å²) in [5, 5.41) is 21.8. The van der Waals surface area contributed by atoms with Gasteiger partial charge in [0.2, 0.25) is 0 Å². The molecule has 3 nitrogen and oxygen atoms in total. The Labute approximate surface area is 105 Å². The maximum Gasteiger partial charge on any atom is 0.0864 e. The predicted octanol–water partition coefficient (Wildman–Crippen LogP) is 1.50. The number of thioether (sulfide) groups is 1. The molecule has 0 heterocycles. The van der Waals surface area contributed by atoms with Gasteiger partial charge in [-0.15, -0.1) is 11.8 Å². The fourth-order valence-electron chi connectivity index (χ4n) is 1.24. The van der Waals surface area contributed by atoms with Crippen molar-refractivity contribution < 1.29 is 10.2 Å². The highest BCUT2D eigenvalue weighted by molar-refractivity contribution is 7.99. The summed E-state index contributed by atoms with van der Waals surface area (Å²) in [5.74, 6) is 0.466. The molecule has 0 aromatic heterocycles. The van der Waals surface area contributed by atoms with E-state index in [-0.39, 0.29) is 6.61 Å². The zero-order valence-electron chi connectivity index (χ0n) is 9.11. The number of aliphatic hydroxyl groups is 2. The standard InChI is InChI=1S/C11H16ClNO2S/c1-13-5-8-2-3-9(12)4-11(8)16-7-10(15)6-14/h2-4,10,13-15H,5-7H2,1H3. The second-order valence-corrected chi connectivity index (χ2v) is 4.93. The lowest BCUT2D eigenvalue weighted by atomic mass is 10.2. The number of hydrogen-bond donors (Lipinski definition) is 3. The molecule has 1 unspecified atom stereocenters. The first-order valence-electron chi connectivity index (χ1n) is 5.02. The van der Waals surface area contributed by atoms with Crippen molar-refractivity contribution in [2.75, 3.05) is 19.4 Å². The molecule has 3 N–H and O–H groups in total.